The van der Waals surface area contributed by atoms with Gasteiger partial charge in [0.05, 0.1) is 0 Å². The first-order valence-corrected chi connectivity index (χ1v) is 24.6. The number of hydrogen-bond donors (Lipinski definition) is 2. The minimum atomic E-state index is -5.06. The van der Waals surface area contributed by atoms with Crippen LogP contribution in [0.2, 0.25) is 0 Å². The Morgan fingerprint density at radius 2 is 0.796 bits per heavy atom. The van der Waals surface area contributed by atoms with Gasteiger partial charge in [-0.25, -0.2) is 0 Å². The topological polar surface area (TPSA) is 168 Å². The molecule has 0 saturated carbocycles. The Morgan fingerprint density at radius 3 is 1.09 bits per heavy atom. The molecule has 1 heterocycles. The number of benzene rings is 5. The van der Waals surface area contributed by atoms with Gasteiger partial charge < -0.3 is 0 Å². The van der Waals surface area contributed by atoms with E-state index in [1.54, 1.807) is 79.5 Å². The van der Waals surface area contributed by atoms with Crippen molar-refractivity contribution < 1.29 is 46.6 Å². The number of nitrogens with one attached hydrogen (secondary N) is 2. The first kappa shape index (κ1) is 38.9. The molecule has 0 spiro atoms. The van der Waals surface area contributed by atoms with E-state index < -0.39 is 21.2 Å². The van der Waals surface area contributed by atoms with Crippen molar-refractivity contribution >= 4 is 72.8 Å². The van der Waals surface area contributed by atoms with Crippen molar-refractivity contribution in [3.63, 3.8) is 0 Å². The van der Waals surface area contributed by atoms with Crippen LogP contribution in [0.3, 0.4) is 0 Å². The van der Waals surface area contributed by atoms with Crippen LogP contribution in [-0.4, -0.2) is 38.1 Å². The zero-order valence-corrected chi connectivity index (χ0v) is 32.9. The summed E-state index contributed by atoms with van der Waals surface area (Å²) in [7, 11) is -7.52. The van der Waals surface area contributed by atoms with Gasteiger partial charge in [0.1, 0.15) is 0 Å². The first-order valence-electron chi connectivity index (χ1n) is 15.8. The van der Waals surface area contributed by atoms with E-state index in [4.69, 9.17) is 38.4 Å². The third kappa shape index (κ3) is 8.92. The van der Waals surface area contributed by atoms with Crippen molar-refractivity contribution in [1.29, 1.82) is 0 Å². The Labute approximate surface area is 317 Å². The normalized spacial score (nSPS) is 20.3. The van der Waals surface area contributed by atoms with E-state index in [0.717, 1.165) is 0 Å². The van der Waals surface area contributed by atoms with E-state index in [9.17, 15) is 24.0 Å². The fourth-order valence-corrected chi connectivity index (χ4v) is 26.8. The molecule has 0 radical (unpaired) electrons. The molecule has 5 aromatic rings. The summed E-state index contributed by atoms with van der Waals surface area (Å²) in [4.78, 5) is 64.2. The number of halogens is 1. The third-order valence-corrected chi connectivity index (χ3v) is 23.1. The molecule has 0 fully saturated rings. The standard InChI is InChI=1S/C36H32ClN3O10P4/c1-53(47-33-14-4-28(23-42)5-15-33,48-34-16-6-29(24-43)7-17-34)38-52(37,46-32-12-2-27(22-41)3-13-32)39-54(51,40-53,49-35-18-8-30(25-44)9-19-35)50-36-20-10-31(26-45)11-21-36/h2-26,39-40H,51H2,1H3. The molecular weight excluding hydrogens is 794 g/mol. The van der Waals surface area contributed by atoms with Gasteiger partial charge in [0.25, 0.3) is 0 Å². The maximum atomic E-state index is 11.5. The zero-order valence-electron chi connectivity index (χ0n) is 28.3. The molecule has 54 heavy (non-hydrogen) atoms. The Kier molecular flexibility index (Phi) is 10.9. The fourth-order valence-electron chi connectivity index (χ4n) is 5.32. The predicted octanol–water partition coefficient (Wildman–Crippen LogP) is 9.67. The summed E-state index contributed by atoms with van der Waals surface area (Å²) in [5, 5.41) is 0. The molecule has 0 aromatic heterocycles. The van der Waals surface area contributed by atoms with Crippen molar-refractivity contribution in [2.75, 3.05) is 6.66 Å². The molecule has 278 valence electrons. The number of nitrogens with zero attached hydrogens (tertiary/aromatic N) is 1. The Balaban J connectivity index is 1.63. The number of carbonyl (C=O) groups excluding carboxylic acids is 5. The SMILES string of the molecule is CP1(Oc2ccc(C=O)cc2)(Oc2ccc(C=O)cc2)N=P(Cl)(Oc2ccc(C=O)cc2)NP(P)(Oc2ccc(C=O)cc2)(Oc2ccc(C=O)cc2)N1. The summed E-state index contributed by atoms with van der Waals surface area (Å²) in [6.45, 7) is -2.48. The second kappa shape index (κ2) is 15.1. The van der Waals surface area contributed by atoms with Crippen LogP contribution in [0.4, 0.5) is 0 Å². The molecule has 0 aliphatic carbocycles. The Hall–Kier alpha value is -4.82. The van der Waals surface area contributed by atoms with Gasteiger partial charge in [-0.05, 0) is 0 Å². The quantitative estimate of drug-likeness (QED) is 0.0759. The van der Waals surface area contributed by atoms with E-state index in [0.29, 0.717) is 59.2 Å². The average molecular weight is 826 g/mol. The average Bonchev–Trinajstić information content (AvgIpc) is 3.15. The molecule has 13 nitrogen and oxygen atoms in total. The second-order valence-corrected chi connectivity index (χ2v) is 25.1. The molecule has 5 aromatic carbocycles. The number of hydrogen-bond acceptors (Lipinski definition) is 13. The summed E-state index contributed by atoms with van der Waals surface area (Å²) >= 11 is 7.53. The van der Waals surface area contributed by atoms with Crippen LogP contribution in [0.15, 0.2) is 126 Å². The van der Waals surface area contributed by atoms with Gasteiger partial charge in [-0.3, -0.25) is 0 Å². The van der Waals surface area contributed by atoms with Crippen LogP contribution in [0.5, 0.6) is 28.7 Å². The van der Waals surface area contributed by atoms with Crippen molar-refractivity contribution in [2.45, 2.75) is 0 Å². The van der Waals surface area contributed by atoms with Crippen LogP contribution in [0, 0.1) is 0 Å². The van der Waals surface area contributed by atoms with E-state index >= 15 is 0 Å². The van der Waals surface area contributed by atoms with Crippen molar-refractivity contribution in [3.05, 3.63) is 149 Å². The van der Waals surface area contributed by atoms with Gasteiger partial charge in [-0.15, -0.1) is 0 Å². The molecule has 0 bridgehead atoms. The summed E-state index contributed by atoms with van der Waals surface area (Å²) < 4.78 is 38.8. The molecule has 0 amide bonds. The van der Waals surface area contributed by atoms with Crippen LogP contribution in [-0.2, 0) is 0 Å². The van der Waals surface area contributed by atoms with Crippen LogP contribution in [0.1, 0.15) is 51.8 Å². The van der Waals surface area contributed by atoms with Gasteiger partial charge in [-0.1, -0.05) is 0 Å². The number of rotatable bonds is 15. The van der Waals surface area contributed by atoms with Crippen molar-refractivity contribution in [1.82, 2.24) is 9.72 Å². The van der Waals surface area contributed by atoms with Crippen molar-refractivity contribution in [3.8, 4) is 28.7 Å². The van der Waals surface area contributed by atoms with Gasteiger partial charge in [0, 0.05) is 0 Å². The summed E-state index contributed by atoms with van der Waals surface area (Å²) in [5.74, 6) is 1.01. The third-order valence-electron chi connectivity index (χ3n) is 7.57. The van der Waals surface area contributed by atoms with Gasteiger partial charge >= 0.3 is 318 Å². The van der Waals surface area contributed by atoms with Crippen molar-refractivity contribution in [2.24, 2.45) is 4.52 Å². The number of carbonyl (C=O) groups is 5. The second-order valence-electron chi connectivity index (χ2n) is 12.0. The Bertz CT molecular complexity index is 2170. The maximum absolute atomic E-state index is 11.5. The molecular formula is C36H32ClN3O10P4. The molecule has 1 aliphatic heterocycles. The zero-order chi connectivity index (χ0) is 38.5. The molecule has 2 N–H and O–H groups in total. The monoisotopic (exact) mass is 825 g/mol. The Morgan fingerprint density at radius 1 is 0.519 bits per heavy atom. The van der Waals surface area contributed by atoms with Crippen LogP contribution in [0.25, 0.3) is 0 Å². The van der Waals surface area contributed by atoms with Gasteiger partial charge in [0.2, 0.25) is 0 Å². The molecule has 1 aliphatic rings. The van der Waals surface area contributed by atoms with Crippen LogP contribution >= 0.6 is 41.4 Å². The first-order chi connectivity index (χ1) is 25.8. The fraction of sp³-hybridized carbons (Fsp3) is 0.0278. The van der Waals surface area contributed by atoms with Gasteiger partial charge in [-0.2, -0.15) is 0 Å². The minimum absolute atomic E-state index is 0.197. The summed E-state index contributed by atoms with van der Waals surface area (Å²) in [5.41, 5.74) is 1.88. The number of aldehydes is 5. The summed E-state index contributed by atoms with van der Waals surface area (Å²) in [6, 6.07) is 30.8. The van der Waals surface area contributed by atoms with Gasteiger partial charge in [0.15, 0.2) is 0 Å². The molecule has 0 saturated heterocycles. The van der Waals surface area contributed by atoms with E-state index in [2.05, 4.69) is 18.6 Å². The predicted molar refractivity (Wildman–Crippen MR) is 213 cm³/mol. The molecule has 18 heteroatoms. The summed E-state index contributed by atoms with van der Waals surface area (Å²) in [6.07, 6.45) is 3.39. The molecule has 2 atom stereocenters. The van der Waals surface area contributed by atoms with Crippen LogP contribution < -0.4 is 32.3 Å². The molecule has 6 rings (SSSR count). The molecule has 2 unspecified atom stereocenters. The van der Waals surface area contributed by atoms with E-state index in [-0.39, 0.29) is 28.7 Å². The van der Waals surface area contributed by atoms with E-state index in [1.807, 2.05) is 0 Å². The van der Waals surface area contributed by atoms with E-state index in [1.165, 1.54) is 48.5 Å².